The van der Waals surface area contributed by atoms with Crippen molar-refractivity contribution < 1.29 is 10.2 Å². The maximum Gasteiger partial charge on any atom is 0.138 e. The van der Waals surface area contributed by atoms with Gasteiger partial charge in [-0.3, -0.25) is 4.98 Å². The standard InChI is InChI=1S/C17H22N2O2/c1-3-13-5-7-14(8-6-13)16(11-20)18-10-15-17(21)9-4-12(2)19-15/h4-9,16,18,20-21H,3,10-11H2,1-2H3. The van der Waals surface area contributed by atoms with Crippen LogP contribution < -0.4 is 5.32 Å². The molecule has 0 fully saturated rings. The van der Waals surface area contributed by atoms with Crippen molar-refractivity contribution in [3.8, 4) is 5.75 Å². The van der Waals surface area contributed by atoms with E-state index in [2.05, 4.69) is 29.4 Å². The molecular formula is C17H22N2O2. The summed E-state index contributed by atoms with van der Waals surface area (Å²) in [4.78, 5) is 4.31. The molecule has 4 nitrogen and oxygen atoms in total. The van der Waals surface area contributed by atoms with Crippen molar-refractivity contribution >= 4 is 0 Å². The van der Waals surface area contributed by atoms with Gasteiger partial charge in [0.1, 0.15) is 5.75 Å². The first-order valence-electron chi connectivity index (χ1n) is 7.22. The van der Waals surface area contributed by atoms with Crippen molar-refractivity contribution in [2.75, 3.05) is 6.61 Å². The zero-order valence-electron chi connectivity index (χ0n) is 12.5. The molecule has 1 aromatic heterocycles. The summed E-state index contributed by atoms with van der Waals surface area (Å²) in [6.07, 6.45) is 0.999. The predicted octanol–water partition coefficient (Wildman–Crippen LogP) is 2.48. The van der Waals surface area contributed by atoms with Crippen molar-refractivity contribution in [2.24, 2.45) is 0 Å². The van der Waals surface area contributed by atoms with E-state index in [1.165, 1.54) is 5.56 Å². The number of aromatic nitrogens is 1. The summed E-state index contributed by atoms with van der Waals surface area (Å²) in [7, 11) is 0. The normalized spacial score (nSPS) is 12.3. The van der Waals surface area contributed by atoms with E-state index >= 15 is 0 Å². The fourth-order valence-electron chi connectivity index (χ4n) is 2.23. The summed E-state index contributed by atoms with van der Waals surface area (Å²) in [5.74, 6) is 0.172. The highest BCUT2D eigenvalue weighted by Crippen LogP contribution is 2.18. The highest BCUT2D eigenvalue weighted by molar-refractivity contribution is 5.28. The SMILES string of the molecule is CCc1ccc(C(CO)NCc2nc(C)ccc2O)cc1. The lowest BCUT2D eigenvalue weighted by atomic mass is 10.0. The number of nitrogens with one attached hydrogen (secondary N) is 1. The van der Waals surface area contributed by atoms with Crippen LogP contribution in [-0.4, -0.2) is 21.8 Å². The maximum atomic E-state index is 9.79. The Balaban J connectivity index is 2.06. The largest absolute Gasteiger partial charge is 0.506 e. The Morgan fingerprint density at radius 1 is 1.14 bits per heavy atom. The molecule has 0 saturated heterocycles. The lowest BCUT2D eigenvalue weighted by Gasteiger charge is -2.17. The molecule has 0 spiro atoms. The fourth-order valence-corrected chi connectivity index (χ4v) is 2.23. The van der Waals surface area contributed by atoms with Gasteiger partial charge in [0.25, 0.3) is 0 Å². The predicted molar refractivity (Wildman–Crippen MR) is 83.1 cm³/mol. The lowest BCUT2D eigenvalue weighted by molar-refractivity contribution is 0.243. The molecular weight excluding hydrogens is 264 g/mol. The van der Waals surface area contributed by atoms with Crippen LogP contribution in [0.2, 0.25) is 0 Å². The Bertz CT molecular complexity index is 582. The third-order valence-corrected chi connectivity index (χ3v) is 3.58. The molecule has 4 heteroatoms. The molecule has 0 amide bonds. The molecule has 1 aromatic carbocycles. The molecule has 1 heterocycles. The zero-order chi connectivity index (χ0) is 15.2. The van der Waals surface area contributed by atoms with Gasteiger partial charge in [0, 0.05) is 12.2 Å². The number of rotatable bonds is 6. The molecule has 21 heavy (non-hydrogen) atoms. The average Bonchev–Trinajstić information content (AvgIpc) is 2.51. The summed E-state index contributed by atoms with van der Waals surface area (Å²) < 4.78 is 0. The van der Waals surface area contributed by atoms with E-state index in [1.807, 2.05) is 19.1 Å². The van der Waals surface area contributed by atoms with E-state index in [4.69, 9.17) is 0 Å². The second kappa shape index (κ2) is 7.20. The monoisotopic (exact) mass is 286 g/mol. The van der Waals surface area contributed by atoms with E-state index in [9.17, 15) is 10.2 Å². The molecule has 2 rings (SSSR count). The summed E-state index contributed by atoms with van der Waals surface area (Å²) in [5.41, 5.74) is 3.76. The second-order valence-electron chi connectivity index (χ2n) is 5.13. The lowest BCUT2D eigenvalue weighted by Crippen LogP contribution is -2.24. The molecule has 0 aliphatic rings. The minimum atomic E-state index is -0.169. The number of aryl methyl sites for hydroxylation is 2. The third kappa shape index (κ3) is 4.03. The van der Waals surface area contributed by atoms with Gasteiger partial charge in [-0.2, -0.15) is 0 Å². The first kappa shape index (κ1) is 15.5. The second-order valence-corrected chi connectivity index (χ2v) is 5.13. The van der Waals surface area contributed by atoms with Crippen LogP contribution in [0.5, 0.6) is 5.75 Å². The quantitative estimate of drug-likeness (QED) is 0.763. The van der Waals surface area contributed by atoms with Gasteiger partial charge in [0.2, 0.25) is 0 Å². The molecule has 0 aliphatic heterocycles. The van der Waals surface area contributed by atoms with Crippen LogP contribution in [0.15, 0.2) is 36.4 Å². The van der Waals surface area contributed by atoms with Crippen LogP contribution in [-0.2, 0) is 13.0 Å². The van der Waals surface area contributed by atoms with Crippen molar-refractivity contribution in [2.45, 2.75) is 32.9 Å². The first-order chi connectivity index (χ1) is 10.1. The number of aromatic hydroxyl groups is 1. The summed E-state index contributed by atoms with van der Waals surface area (Å²) in [5, 5.41) is 22.6. The van der Waals surface area contributed by atoms with Crippen molar-refractivity contribution in [3.63, 3.8) is 0 Å². The van der Waals surface area contributed by atoms with E-state index < -0.39 is 0 Å². The van der Waals surface area contributed by atoms with Crippen LogP contribution in [0, 0.1) is 6.92 Å². The molecule has 0 bridgehead atoms. The number of benzene rings is 1. The van der Waals surface area contributed by atoms with Gasteiger partial charge in [-0.25, -0.2) is 0 Å². The number of aliphatic hydroxyl groups is 1. The summed E-state index contributed by atoms with van der Waals surface area (Å²) >= 11 is 0. The van der Waals surface area contributed by atoms with E-state index in [0.29, 0.717) is 12.2 Å². The minimum absolute atomic E-state index is 0.00194. The molecule has 0 aliphatic carbocycles. The van der Waals surface area contributed by atoms with Crippen LogP contribution in [0.4, 0.5) is 0 Å². The number of pyridine rings is 1. The molecule has 112 valence electrons. The van der Waals surface area contributed by atoms with Gasteiger partial charge in [0.05, 0.1) is 18.3 Å². The van der Waals surface area contributed by atoms with Gasteiger partial charge in [0.15, 0.2) is 0 Å². The van der Waals surface area contributed by atoms with Gasteiger partial charge < -0.3 is 15.5 Å². The number of nitrogens with zero attached hydrogens (tertiary/aromatic N) is 1. The van der Waals surface area contributed by atoms with E-state index in [-0.39, 0.29) is 18.4 Å². The van der Waals surface area contributed by atoms with E-state index in [0.717, 1.165) is 17.7 Å². The van der Waals surface area contributed by atoms with Crippen molar-refractivity contribution in [1.29, 1.82) is 0 Å². The van der Waals surface area contributed by atoms with Crippen molar-refractivity contribution in [1.82, 2.24) is 10.3 Å². The van der Waals surface area contributed by atoms with Crippen molar-refractivity contribution in [3.05, 3.63) is 58.9 Å². The molecule has 1 unspecified atom stereocenters. The number of aliphatic hydroxyl groups excluding tert-OH is 1. The summed E-state index contributed by atoms with van der Waals surface area (Å²) in [6, 6.07) is 11.4. The summed E-state index contributed by atoms with van der Waals surface area (Å²) in [6.45, 7) is 4.41. The highest BCUT2D eigenvalue weighted by Gasteiger charge is 2.11. The molecule has 2 aromatic rings. The van der Waals surface area contributed by atoms with Crippen LogP contribution in [0.3, 0.4) is 0 Å². The van der Waals surface area contributed by atoms with Gasteiger partial charge in [-0.1, -0.05) is 31.2 Å². The van der Waals surface area contributed by atoms with Gasteiger partial charge in [-0.05, 0) is 36.6 Å². The fraction of sp³-hybridized carbons (Fsp3) is 0.353. The van der Waals surface area contributed by atoms with Gasteiger partial charge >= 0.3 is 0 Å². The number of hydrogen-bond acceptors (Lipinski definition) is 4. The number of hydrogen-bond donors (Lipinski definition) is 3. The molecule has 0 radical (unpaired) electrons. The molecule has 0 saturated carbocycles. The van der Waals surface area contributed by atoms with E-state index in [1.54, 1.807) is 12.1 Å². The Hall–Kier alpha value is -1.91. The Morgan fingerprint density at radius 2 is 1.86 bits per heavy atom. The Morgan fingerprint density at radius 3 is 2.48 bits per heavy atom. The van der Waals surface area contributed by atoms with Crippen LogP contribution in [0.1, 0.15) is 35.5 Å². The van der Waals surface area contributed by atoms with Crippen LogP contribution >= 0.6 is 0 Å². The minimum Gasteiger partial charge on any atom is -0.506 e. The van der Waals surface area contributed by atoms with Crippen LogP contribution in [0.25, 0.3) is 0 Å². The Kier molecular flexibility index (Phi) is 5.31. The first-order valence-corrected chi connectivity index (χ1v) is 7.22. The average molecular weight is 286 g/mol. The smallest absolute Gasteiger partial charge is 0.138 e. The third-order valence-electron chi connectivity index (χ3n) is 3.58. The Labute approximate surface area is 125 Å². The highest BCUT2D eigenvalue weighted by atomic mass is 16.3. The molecule has 3 N–H and O–H groups in total. The zero-order valence-corrected chi connectivity index (χ0v) is 12.5. The van der Waals surface area contributed by atoms with Gasteiger partial charge in [-0.15, -0.1) is 0 Å². The molecule has 1 atom stereocenters. The topological polar surface area (TPSA) is 65.4 Å². The maximum absolute atomic E-state index is 9.79.